The highest BCUT2D eigenvalue weighted by Crippen LogP contribution is 2.39. The molecule has 15 heavy (non-hydrogen) atoms. The van der Waals surface area contributed by atoms with Crippen LogP contribution < -0.4 is 5.32 Å². The van der Waals surface area contributed by atoms with Crippen LogP contribution in [0.15, 0.2) is 0 Å². The van der Waals surface area contributed by atoms with E-state index >= 15 is 0 Å². The van der Waals surface area contributed by atoms with Crippen LogP contribution in [0.4, 0.5) is 0 Å². The normalized spacial score (nSPS) is 38.5. The molecule has 0 saturated carbocycles. The maximum atomic E-state index is 9.51. The fraction of sp³-hybridized carbons (Fsp3) is 0.909. The molecular formula is C11H19N3S. The molecule has 2 saturated heterocycles. The van der Waals surface area contributed by atoms with E-state index in [2.05, 4.69) is 23.2 Å². The highest BCUT2D eigenvalue weighted by molar-refractivity contribution is 8.00. The van der Waals surface area contributed by atoms with Gasteiger partial charge in [0.25, 0.3) is 0 Å². The summed E-state index contributed by atoms with van der Waals surface area (Å²) in [7, 11) is 0. The predicted octanol–water partition coefficient (Wildman–Crippen LogP) is 1.07. The summed E-state index contributed by atoms with van der Waals surface area (Å²) < 4.78 is 0. The van der Waals surface area contributed by atoms with Crippen molar-refractivity contribution in [2.75, 3.05) is 31.9 Å². The molecule has 0 aromatic heterocycles. The summed E-state index contributed by atoms with van der Waals surface area (Å²) >= 11 is 1.94. The zero-order valence-corrected chi connectivity index (χ0v) is 10.1. The second kappa shape index (κ2) is 4.73. The maximum Gasteiger partial charge on any atom is 0.121 e. The third-order valence-electron chi connectivity index (χ3n) is 3.62. The Labute approximate surface area is 96.2 Å². The van der Waals surface area contributed by atoms with E-state index in [1.807, 2.05) is 11.8 Å². The van der Waals surface area contributed by atoms with Crippen molar-refractivity contribution < 1.29 is 0 Å². The SMILES string of the molecule is CC1SCCC1(C#N)N1CCCNCC1. The minimum Gasteiger partial charge on any atom is -0.315 e. The van der Waals surface area contributed by atoms with E-state index in [4.69, 9.17) is 0 Å². The third-order valence-corrected chi connectivity index (χ3v) is 4.95. The summed E-state index contributed by atoms with van der Waals surface area (Å²) in [6, 6.07) is 2.60. The molecule has 0 aromatic rings. The average Bonchev–Trinajstić information content (AvgIpc) is 2.49. The summed E-state index contributed by atoms with van der Waals surface area (Å²) in [5, 5.41) is 13.4. The minimum absolute atomic E-state index is 0.184. The second-order valence-corrected chi connectivity index (χ2v) is 5.84. The minimum atomic E-state index is -0.184. The summed E-state index contributed by atoms with van der Waals surface area (Å²) in [5.41, 5.74) is -0.184. The van der Waals surface area contributed by atoms with Crippen LogP contribution in [0.2, 0.25) is 0 Å². The Balaban J connectivity index is 2.14. The summed E-state index contributed by atoms with van der Waals surface area (Å²) in [5.74, 6) is 1.14. The summed E-state index contributed by atoms with van der Waals surface area (Å²) in [6.45, 7) is 6.43. The molecule has 2 aliphatic rings. The lowest BCUT2D eigenvalue weighted by molar-refractivity contribution is 0.149. The van der Waals surface area contributed by atoms with Crippen molar-refractivity contribution in [2.45, 2.75) is 30.6 Å². The summed E-state index contributed by atoms with van der Waals surface area (Å²) in [6.07, 6.45) is 2.20. The van der Waals surface area contributed by atoms with Crippen LogP contribution in [0.3, 0.4) is 0 Å². The lowest BCUT2D eigenvalue weighted by Crippen LogP contribution is -2.52. The van der Waals surface area contributed by atoms with E-state index in [1.54, 1.807) is 0 Å². The fourth-order valence-electron chi connectivity index (χ4n) is 2.61. The molecule has 2 aliphatic heterocycles. The van der Waals surface area contributed by atoms with Gasteiger partial charge in [0.15, 0.2) is 0 Å². The topological polar surface area (TPSA) is 39.1 Å². The van der Waals surface area contributed by atoms with Crippen molar-refractivity contribution in [1.29, 1.82) is 5.26 Å². The number of hydrogen-bond donors (Lipinski definition) is 1. The van der Waals surface area contributed by atoms with Gasteiger partial charge in [0.2, 0.25) is 0 Å². The molecule has 2 heterocycles. The van der Waals surface area contributed by atoms with Gasteiger partial charge in [-0.3, -0.25) is 4.90 Å². The van der Waals surface area contributed by atoms with Gasteiger partial charge in [-0.2, -0.15) is 17.0 Å². The van der Waals surface area contributed by atoms with E-state index in [-0.39, 0.29) is 5.54 Å². The summed E-state index contributed by atoms with van der Waals surface area (Å²) in [4.78, 5) is 2.41. The number of nitriles is 1. The number of nitrogens with zero attached hydrogens (tertiary/aromatic N) is 2. The van der Waals surface area contributed by atoms with Crippen molar-refractivity contribution in [1.82, 2.24) is 10.2 Å². The van der Waals surface area contributed by atoms with Crippen LogP contribution >= 0.6 is 11.8 Å². The molecule has 0 aromatic carbocycles. The molecule has 0 aliphatic carbocycles. The van der Waals surface area contributed by atoms with E-state index in [0.717, 1.165) is 38.4 Å². The second-order valence-electron chi connectivity index (χ2n) is 4.39. The van der Waals surface area contributed by atoms with Crippen molar-refractivity contribution in [3.63, 3.8) is 0 Å². The predicted molar refractivity (Wildman–Crippen MR) is 63.9 cm³/mol. The average molecular weight is 225 g/mol. The first-order valence-electron chi connectivity index (χ1n) is 5.78. The Morgan fingerprint density at radius 3 is 3.00 bits per heavy atom. The van der Waals surface area contributed by atoms with Gasteiger partial charge in [0.05, 0.1) is 6.07 Å². The molecule has 2 atom stereocenters. The Hall–Kier alpha value is -0.240. The standard InChI is InChI=1S/C11H19N3S/c1-10-11(9-12,3-8-15-10)14-6-2-4-13-5-7-14/h10,13H,2-8H2,1H3. The molecule has 0 radical (unpaired) electrons. The van der Waals surface area contributed by atoms with E-state index in [9.17, 15) is 5.26 Å². The largest absolute Gasteiger partial charge is 0.315 e. The van der Waals surface area contributed by atoms with Gasteiger partial charge in [-0.15, -0.1) is 0 Å². The number of hydrogen-bond acceptors (Lipinski definition) is 4. The van der Waals surface area contributed by atoms with Gasteiger partial charge in [-0.25, -0.2) is 0 Å². The van der Waals surface area contributed by atoms with E-state index in [1.165, 1.54) is 6.42 Å². The molecule has 2 fully saturated rings. The smallest absolute Gasteiger partial charge is 0.121 e. The highest BCUT2D eigenvalue weighted by atomic mass is 32.2. The number of nitrogens with one attached hydrogen (secondary N) is 1. The van der Waals surface area contributed by atoms with Crippen LogP contribution in [-0.4, -0.2) is 47.6 Å². The van der Waals surface area contributed by atoms with Crippen LogP contribution in [-0.2, 0) is 0 Å². The van der Waals surface area contributed by atoms with Crippen molar-refractivity contribution in [2.24, 2.45) is 0 Å². The molecule has 0 amide bonds. The molecule has 0 bridgehead atoms. The zero-order valence-electron chi connectivity index (χ0n) is 9.33. The lowest BCUT2D eigenvalue weighted by atomic mass is 9.92. The maximum absolute atomic E-state index is 9.51. The molecule has 0 spiro atoms. The Kier molecular flexibility index (Phi) is 3.55. The van der Waals surface area contributed by atoms with Crippen LogP contribution in [0.5, 0.6) is 0 Å². The quantitative estimate of drug-likeness (QED) is 0.724. The molecule has 1 N–H and O–H groups in total. The van der Waals surface area contributed by atoms with E-state index in [0.29, 0.717) is 5.25 Å². The number of rotatable bonds is 1. The van der Waals surface area contributed by atoms with Gasteiger partial charge in [0.1, 0.15) is 5.54 Å². The third kappa shape index (κ3) is 2.01. The van der Waals surface area contributed by atoms with Crippen LogP contribution in [0, 0.1) is 11.3 Å². The highest BCUT2D eigenvalue weighted by Gasteiger charge is 2.46. The molecule has 3 nitrogen and oxygen atoms in total. The Morgan fingerprint density at radius 1 is 1.47 bits per heavy atom. The van der Waals surface area contributed by atoms with Gasteiger partial charge < -0.3 is 5.32 Å². The molecule has 2 rings (SSSR count). The monoisotopic (exact) mass is 225 g/mol. The first-order chi connectivity index (χ1) is 7.29. The van der Waals surface area contributed by atoms with Gasteiger partial charge >= 0.3 is 0 Å². The Morgan fingerprint density at radius 2 is 2.33 bits per heavy atom. The van der Waals surface area contributed by atoms with Crippen LogP contribution in [0.1, 0.15) is 19.8 Å². The molecule has 4 heteroatoms. The fourth-order valence-corrected chi connectivity index (χ4v) is 3.99. The van der Waals surface area contributed by atoms with E-state index < -0.39 is 0 Å². The Bertz CT molecular complexity index is 255. The molecular weight excluding hydrogens is 206 g/mol. The van der Waals surface area contributed by atoms with Gasteiger partial charge in [0, 0.05) is 24.9 Å². The first-order valence-corrected chi connectivity index (χ1v) is 6.83. The molecule has 2 unspecified atom stereocenters. The zero-order chi connectivity index (χ0) is 10.7. The van der Waals surface area contributed by atoms with Gasteiger partial charge in [-0.1, -0.05) is 6.92 Å². The van der Waals surface area contributed by atoms with Crippen molar-refractivity contribution >= 4 is 11.8 Å². The van der Waals surface area contributed by atoms with Crippen molar-refractivity contribution in [3.8, 4) is 6.07 Å². The van der Waals surface area contributed by atoms with Crippen molar-refractivity contribution in [3.05, 3.63) is 0 Å². The van der Waals surface area contributed by atoms with Gasteiger partial charge in [-0.05, 0) is 25.1 Å². The van der Waals surface area contributed by atoms with Crippen LogP contribution in [0.25, 0.3) is 0 Å². The molecule has 84 valence electrons. The number of thioether (sulfide) groups is 1. The lowest BCUT2D eigenvalue weighted by Gasteiger charge is -2.37. The first kappa shape index (κ1) is 11.3.